The van der Waals surface area contributed by atoms with Gasteiger partial charge in [-0.1, -0.05) is 30.3 Å². The Bertz CT molecular complexity index is 883. The van der Waals surface area contributed by atoms with Crippen LogP contribution >= 0.6 is 11.3 Å². The summed E-state index contributed by atoms with van der Waals surface area (Å²) in [7, 11) is 0. The SMILES string of the molecule is O=C(CCc1csc(-c2cccnc2)n1)N1CCOC(c2ccccc2)C1. The van der Waals surface area contributed by atoms with Crippen LogP contribution in [0, 0.1) is 0 Å². The number of carbonyl (C=O) groups excluding carboxylic acids is 1. The first-order chi connectivity index (χ1) is 13.3. The van der Waals surface area contributed by atoms with Crippen LogP contribution in [0.2, 0.25) is 0 Å². The summed E-state index contributed by atoms with van der Waals surface area (Å²) in [5.41, 5.74) is 3.09. The predicted molar refractivity (Wildman–Crippen MR) is 105 cm³/mol. The molecule has 4 rings (SSSR count). The Kier molecular flexibility index (Phi) is 5.55. The summed E-state index contributed by atoms with van der Waals surface area (Å²) in [6.45, 7) is 1.84. The van der Waals surface area contributed by atoms with Crippen LogP contribution in [0.4, 0.5) is 0 Å². The number of hydrogen-bond donors (Lipinski definition) is 0. The molecule has 1 amide bonds. The number of aromatic nitrogens is 2. The van der Waals surface area contributed by atoms with Crippen LogP contribution in [0.15, 0.2) is 60.2 Å². The fraction of sp³-hybridized carbons (Fsp3) is 0.286. The van der Waals surface area contributed by atoms with Crippen molar-refractivity contribution in [1.29, 1.82) is 0 Å². The average molecular weight is 379 g/mol. The topological polar surface area (TPSA) is 55.3 Å². The number of carbonyl (C=O) groups is 1. The van der Waals surface area contributed by atoms with Crippen molar-refractivity contribution in [3.05, 3.63) is 71.5 Å². The number of hydrogen-bond acceptors (Lipinski definition) is 5. The summed E-state index contributed by atoms with van der Waals surface area (Å²) in [4.78, 5) is 23.3. The number of ether oxygens (including phenoxy) is 1. The lowest BCUT2D eigenvalue weighted by Crippen LogP contribution is -2.42. The van der Waals surface area contributed by atoms with E-state index in [0.29, 0.717) is 32.5 Å². The van der Waals surface area contributed by atoms with Crippen LogP contribution in [0.25, 0.3) is 10.6 Å². The van der Waals surface area contributed by atoms with Gasteiger partial charge in [-0.05, 0) is 24.1 Å². The lowest BCUT2D eigenvalue weighted by molar-refractivity contribution is -0.139. The second kappa shape index (κ2) is 8.41. The summed E-state index contributed by atoms with van der Waals surface area (Å²) in [6.07, 6.45) is 4.65. The molecule has 1 aliphatic rings. The molecule has 5 nitrogen and oxygen atoms in total. The van der Waals surface area contributed by atoms with E-state index >= 15 is 0 Å². The van der Waals surface area contributed by atoms with Gasteiger partial charge in [0, 0.05) is 36.3 Å². The third-order valence-electron chi connectivity index (χ3n) is 4.65. The lowest BCUT2D eigenvalue weighted by atomic mass is 10.1. The standard InChI is InChI=1S/C21H21N3O2S/c25-20(24-11-12-26-19(14-24)16-5-2-1-3-6-16)9-8-18-15-27-21(23-18)17-7-4-10-22-13-17/h1-7,10,13,15,19H,8-9,11-12,14H2. The lowest BCUT2D eigenvalue weighted by Gasteiger charge is -2.33. The molecule has 0 bridgehead atoms. The quantitative estimate of drug-likeness (QED) is 0.678. The molecule has 1 aliphatic heterocycles. The minimum atomic E-state index is -0.0413. The first-order valence-electron chi connectivity index (χ1n) is 9.09. The first-order valence-corrected chi connectivity index (χ1v) is 9.97. The van der Waals surface area contributed by atoms with Crippen molar-refractivity contribution in [3.8, 4) is 10.6 Å². The average Bonchev–Trinajstić information content (AvgIpc) is 3.22. The third kappa shape index (κ3) is 4.40. The van der Waals surface area contributed by atoms with Gasteiger partial charge in [-0.2, -0.15) is 0 Å². The molecule has 27 heavy (non-hydrogen) atoms. The van der Waals surface area contributed by atoms with Crippen LogP contribution in [0.5, 0.6) is 0 Å². The van der Waals surface area contributed by atoms with Crippen molar-refractivity contribution in [2.24, 2.45) is 0 Å². The number of thiazole rings is 1. The zero-order chi connectivity index (χ0) is 18.5. The van der Waals surface area contributed by atoms with Gasteiger partial charge in [0.2, 0.25) is 5.91 Å². The van der Waals surface area contributed by atoms with Gasteiger partial charge in [0.05, 0.1) is 18.8 Å². The molecule has 0 radical (unpaired) electrons. The van der Waals surface area contributed by atoms with Crippen molar-refractivity contribution in [2.75, 3.05) is 19.7 Å². The molecule has 138 valence electrons. The van der Waals surface area contributed by atoms with E-state index in [0.717, 1.165) is 21.8 Å². The zero-order valence-corrected chi connectivity index (χ0v) is 15.8. The molecule has 1 fully saturated rings. The monoisotopic (exact) mass is 379 g/mol. The number of nitrogens with zero attached hydrogens (tertiary/aromatic N) is 3. The van der Waals surface area contributed by atoms with Crippen molar-refractivity contribution >= 4 is 17.2 Å². The molecule has 3 heterocycles. The Morgan fingerprint density at radius 1 is 1.22 bits per heavy atom. The smallest absolute Gasteiger partial charge is 0.223 e. The second-order valence-electron chi connectivity index (χ2n) is 6.50. The van der Waals surface area contributed by atoms with Crippen molar-refractivity contribution in [2.45, 2.75) is 18.9 Å². The van der Waals surface area contributed by atoms with E-state index in [1.54, 1.807) is 17.5 Å². The van der Waals surface area contributed by atoms with Gasteiger partial charge < -0.3 is 9.64 Å². The number of amides is 1. The molecule has 0 N–H and O–H groups in total. The first kappa shape index (κ1) is 17.8. The zero-order valence-electron chi connectivity index (χ0n) is 15.0. The Morgan fingerprint density at radius 3 is 2.93 bits per heavy atom. The van der Waals surface area contributed by atoms with Gasteiger partial charge in [0.15, 0.2) is 0 Å². The van der Waals surface area contributed by atoms with Crippen LogP contribution in [0.1, 0.15) is 23.8 Å². The Balaban J connectivity index is 1.33. The molecule has 1 atom stereocenters. The maximum Gasteiger partial charge on any atom is 0.223 e. The van der Waals surface area contributed by atoms with Crippen molar-refractivity contribution in [3.63, 3.8) is 0 Å². The highest BCUT2D eigenvalue weighted by atomic mass is 32.1. The molecule has 2 aromatic heterocycles. The molecule has 0 saturated carbocycles. The summed E-state index contributed by atoms with van der Waals surface area (Å²) >= 11 is 1.59. The van der Waals surface area contributed by atoms with Crippen LogP contribution in [-0.4, -0.2) is 40.5 Å². The maximum atomic E-state index is 12.7. The van der Waals surface area contributed by atoms with Crippen LogP contribution in [0.3, 0.4) is 0 Å². The largest absolute Gasteiger partial charge is 0.370 e. The van der Waals surface area contributed by atoms with E-state index in [-0.39, 0.29) is 12.0 Å². The normalized spacial score (nSPS) is 17.0. The van der Waals surface area contributed by atoms with E-state index in [1.165, 1.54) is 0 Å². The van der Waals surface area contributed by atoms with E-state index in [1.807, 2.05) is 58.9 Å². The second-order valence-corrected chi connectivity index (χ2v) is 7.35. The summed E-state index contributed by atoms with van der Waals surface area (Å²) in [5.74, 6) is 0.162. The Labute approximate surface area is 162 Å². The van der Waals surface area contributed by atoms with E-state index in [4.69, 9.17) is 4.74 Å². The minimum absolute atomic E-state index is 0.0413. The molecule has 0 aliphatic carbocycles. The third-order valence-corrected chi connectivity index (χ3v) is 5.59. The summed E-state index contributed by atoms with van der Waals surface area (Å²) in [5, 5.41) is 2.97. The van der Waals surface area contributed by atoms with Gasteiger partial charge in [0.1, 0.15) is 11.1 Å². The van der Waals surface area contributed by atoms with Gasteiger partial charge >= 0.3 is 0 Å². The molecular weight excluding hydrogens is 358 g/mol. The summed E-state index contributed by atoms with van der Waals surface area (Å²) in [6, 6.07) is 14.0. The molecule has 3 aromatic rings. The highest BCUT2D eigenvalue weighted by Gasteiger charge is 2.25. The summed E-state index contributed by atoms with van der Waals surface area (Å²) < 4.78 is 5.85. The van der Waals surface area contributed by atoms with Crippen LogP contribution < -0.4 is 0 Å². The molecule has 0 spiro atoms. The maximum absolute atomic E-state index is 12.7. The number of pyridine rings is 1. The van der Waals surface area contributed by atoms with Gasteiger partial charge in [0.25, 0.3) is 0 Å². The molecule has 1 unspecified atom stereocenters. The fourth-order valence-corrected chi connectivity index (χ4v) is 4.03. The number of morpholine rings is 1. The Hall–Kier alpha value is -2.57. The van der Waals surface area contributed by atoms with Gasteiger partial charge in [-0.15, -0.1) is 11.3 Å². The van der Waals surface area contributed by atoms with Gasteiger partial charge in [-0.3, -0.25) is 9.78 Å². The number of rotatable bonds is 5. The van der Waals surface area contributed by atoms with Gasteiger partial charge in [-0.25, -0.2) is 4.98 Å². The van der Waals surface area contributed by atoms with Crippen LogP contribution in [-0.2, 0) is 16.0 Å². The molecule has 1 saturated heterocycles. The molecule has 6 heteroatoms. The number of aryl methyl sites for hydroxylation is 1. The Morgan fingerprint density at radius 2 is 2.11 bits per heavy atom. The number of benzene rings is 1. The van der Waals surface area contributed by atoms with E-state index in [2.05, 4.69) is 9.97 Å². The van der Waals surface area contributed by atoms with E-state index in [9.17, 15) is 4.79 Å². The van der Waals surface area contributed by atoms with E-state index < -0.39 is 0 Å². The van der Waals surface area contributed by atoms with Crippen molar-refractivity contribution in [1.82, 2.24) is 14.9 Å². The molecule has 1 aromatic carbocycles. The minimum Gasteiger partial charge on any atom is -0.370 e. The highest BCUT2D eigenvalue weighted by Crippen LogP contribution is 2.24. The fourth-order valence-electron chi connectivity index (χ4n) is 3.18. The molecular formula is C21H21N3O2S. The highest BCUT2D eigenvalue weighted by molar-refractivity contribution is 7.13. The predicted octanol–water partition coefficient (Wildman–Crippen LogP) is 3.74. The van der Waals surface area contributed by atoms with Crippen molar-refractivity contribution < 1.29 is 9.53 Å².